The van der Waals surface area contributed by atoms with Crippen molar-refractivity contribution in [2.24, 2.45) is 11.8 Å². The molecule has 1 unspecified atom stereocenters. The van der Waals surface area contributed by atoms with Gasteiger partial charge in [-0.2, -0.15) is 0 Å². The number of hydrogen-bond donors (Lipinski definition) is 2. The maximum Gasteiger partial charge on any atom is 0.329 e. The van der Waals surface area contributed by atoms with E-state index in [4.69, 9.17) is 5.11 Å². The van der Waals surface area contributed by atoms with Gasteiger partial charge in [0.05, 0.1) is 0 Å². The Labute approximate surface area is 96.4 Å². The zero-order valence-electron chi connectivity index (χ0n) is 10.2. The number of hydrogen-bond acceptors (Lipinski definition) is 2. The number of carboxylic acids is 1. The first-order valence-electron chi connectivity index (χ1n) is 5.98. The van der Waals surface area contributed by atoms with Crippen LogP contribution in [0.2, 0.25) is 0 Å². The lowest BCUT2D eigenvalue weighted by atomic mass is 9.90. The summed E-state index contributed by atoms with van der Waals surface area (Å²) in [6, 6.07) is 0. The molecule has 0 spiro atoms. The van der Waals surface area contributed by atoms with Crippen molar-refractivity contribution >= 4 is 11.9 Å². The van der Waals surface area contributed by atoms with Crippen molar-refractivity contribution in [1.82, 2.24) is 5.32 Å². The highest BCUT2D eigenvalue weighted by molar-refractivity contribution is 5.90. The summed E-state index contributed by atoms with van der Waals surface area (Å²) in [4.78, 5) is 22.9. The Morgan fingerprint density at radius 2 is 1.94 bits per heavy atom. The van der Waals surface area contributed by atoms with E-state index in [0.29, 0.717) is 12.8 Å². The second-order valence-corrected chi connectivity index (χ2v) is 5.02. The molecule has 4 heteroatoms. The Morgan fingerprint density at radius 1 is 1.38 bits per heavy atom. The molecule has 1 fully saturated rings. The fourth-order valence-corrected chi connectivity index (χ4v) is 1.92. The summed E-state index contributed by atoms with van der Waals surface area (Å²) in [7, 11) is 0. The number of amides is 1. The van der Waals surface area contributed by atoms with Gasteiger partial charge >= 0.3 is 5.97 Å². The summed E-state index contributed by atoms with van der Waals surface area (Å²) < 4.78 is 0. The van der Waals surface area contributed by atoms with Crippen LogP contribution in [-0.2, 0) is 9.59 Å². The van der Waals surface area contributed by atoms with E-state index in [1.807, 2.05) is 20.8 Å². The molecule has 0 aromatic carbocycles. The van der Waals surface area contributed by atoms with Crippen molar-refractivity contribution < 1.29 is 14.7 Å². The van der Waals surface area contributed by atoms with Crippen LogP contribution in [0.5, 0.6) is 0 Å². The second kappa shape index (κ2) is 4.85. The molecule has 0 heterocycles. The minimum absolute atomic E-state index is 0.0678. The molecule has 0 aromatic heterocycles. The molecule has 16 heavy (non-hydrogen) atoms. The Balaban J connectivity index is 2.59. The summed E-state index contributed by atoms with van der Waals surface area (Å²) in [5.41, 5.74) is -0.946. The lowest BCUT2D eigenvalue weighted by Gasteiger charge is -2.22. The van der Waals surface area contributed by atoms with E-state index >= 15 is 0 Å². The van der Waals surface area contributed by atoms with Crippen LogP contribution >= 0.6 is 0 Å². The van der Waals surface area contributed by atoms with Crippen molar-refractivity contribution in [2.75, 3.05) is 0 Å². The first kappa shape index (κ1) is 13.0. The molecule has 0 aromatic rings. The number of aliphatic carboxylic acids is 1. The van der Waals surface area contributed by atoms with Gasteiger partial charge in [0.2, 0.25) is 5.91 Å². The molecule has 1 saturated carbocycles. The summed E-state index contributed by atoms with van der Waals surface area (Å²) in [5.74, 6) is -0.817. The van der Waals surface area contributed by atoms with Crippen LogP contribution in [0.15, 0.2) is 0 Å². The van der Waals surface area contributed by atoms with Crippen molar-refractivity contribution in [3.05, 3.63) is 0 Å². The minimum atomic E-state index is -0.946. The van der Waals surface area contributed by atoms with Gasteiger partial charge in [-0.3, -0.25) is 4.79 Å². The highest BCUT2D eigenvalue weighted by atomic mass is 16.4. The van der Waals surface area contributed by atoms with Crippen LogP contribution in [0.1, 0.15) is 46.5 Å². The number of rotatable bonds is 6. The van der Waals surface area contributed by atoms with Gasteiger partial charge in [-0.1, -0.05) is 27.2 Å². The molecule has 0 bridgehead atoms. The Bertz CT molecular complexity index is 282. The van der Waals surface area contributed by atoms with Gasteiger partial charge in [0.1, 0.15) is 5.54 Å². The van der Waals surface area contributed by atoms with Crippen molar-refractivity contribution in [3.8, 4) is 0 Å². The average molecular weight is 227 g/mol. The third-order valence-corrected chi connectivity index (χ3v) is 3.26. The monoisotopic (exact) mass is 227 g/mol. The van der Waals surface area contributed by atoms with Crippen LogP contribution in [0.25, 0.3) is 0 Å². The molecule has 1 aliphatic carbocycles. The smallest absolute Gasteiger partial charge is 0.329 e. The fraction of sp³-hybridized carbons (Fsp3) is 0.833. The van der Waals surface area contributed by atoms with Gasteiger partial charge in [0.15, 0.2) is 0 Å². The Kier molecular flexibility index (Phi) is 3.94. The first-order chi connectivity index (χ1) is 7.43. The quantitative estimate of drug-likeness (QED) is 0.727. The van der Waals surface area contributed by atoms with Crippen LogP contribution < -0.4 is 5.32 Å². The summed E-state index contributed by atoms with van der Waals surface area (Å²) >= 11 is 0. The van der Waals surface area contributed by atoms with E-state index in [0.717, 1.165) is 12.8 Å². The van der Waals surface area contributed by atoms with E-state index < -0.39 is 11.5 Å². The van der Waals surface area contributed by atoms with Gasteiger partial charge in [-0.25, -0.2) is 4.79 Å². The van der Waals surface area contributed by atoms with Crippen LogP contribution in [0.4, 0.5) is 0 Å². The minimum Gasteiger partial charge on any atom is -0.480 e. The lowest BCUT2D eigenvalue weighted by molar-refractivity contribution is -0.144. The molecule has 1 rings (SSSR count). The predicted molar refractivity (Wildman–Crippen MR) is 61.0 cm³/mol. The third-order valence-electron chi connectivity index (χ3n) is 3.26. The normalized spacial score (nSPS) is 19.2. The molecule has 0 radical (unpaired) electrons. The van der Waals surface area contributed by atoms with E-state index in [9.17, 15) is 9.59 Å². The van der Waals surface area contributed by atoms with Crippen molar-refractivity contribution in [1.29, 1.82) is 0 Å². The van der Waals surface area contributed by atoms with Crippen LogP contribution in [0, 0.1) is 11.8 Å². The standard InChI is InChI=1S/C12H21NO3/c1-4-5-9(8(2)3)10(14)13-12(6-7-12)11(15)16/h8-9H,4-7H2,1-3H3,(H,13,14)(H,15,16). The van der Waals surface area contributed by atoms with E-state index in [2.05, 4.69) is 5.32 Å². The number of carboxylic acid groups (broad SMARTS) is 1. The van der Waals surface area contributed by atoms with Gasteiger partial charge < -0.3 is 10.4 Å². The zero-order chi connectivity index (χ0) is 12.3. The Hall–Kier alpha value is -1.06. The van der Waals surface area contributed by atoms with Crippen molar-refractivity contribution in [2.45, 2.75) is 52.0 Å². The summed E-state index contributed by atoms with van der Waals surface area (Å²) in [5, 5.41) is 11.7. The highest BCUT2D eigenvalue weighted by Crippen LogP contribution is 2.36. The molecule has 2 N–H and O–H groups in total. The molecule has 92 valence electrons. The van der Waals surface area contributed by atoms with Gasteiger partial charge in [0.25, 0.3) is 0 Å². The lowest BCUT2D eigenvalue weighted by Crippen LogP contribution is -2.46. The maximum atomic E-state index is 12.0. The van der Waals surface area contributed by atoms with Gasteiger partial charge in [0, 0.05) is 5.92 Å². The Morgan fingerprint density at radius 3 is 2.25 bits per heavy atom. The molecule has 0 saturated heterocycles. The SMILES string of the molecule is CCCC(C(=O)NC1(C(=O)O)CC1)C(C)C. The summed E-state index contributed by atoms with van der Waals surface area (Å²) in [6.07, 6.45) is 2.88. The molecule has 1 atom stereocenters. The largest absolute Gasteiger partial charge is 0.480 e. The molecular formula is C12H21NO3. The van der Waals surface area contributed by atoms with Crippen molar-refractivity contribution in [3.63, 3.8) is 0 Å². The third kappa shape index (κ3) is 2.74. The predicted octanol–water partition coefficient (Wildman–Crippen LogP) is 1.79. The van der Waals surface area contributed by atoms with Gasteiger partial charge in [-0.15, -0.1) is 0 Å². The molecule has 1 aliphatic rings. The average Bonchev–Trinajstić information content (AvgIpc) is 2.94. The molecular weight excluding hydrogens is 206 g/mol. The molecule has 1 amide bonds. The van der Waals surface area contributed by atoms with Crippen LogP contribution in [-0.4, -0.2) is 22.5 Å². The fourth-order valence-electron chi connectivity index (χ4n) is 1.92. The van der Waals surface area contributed by atoms with Gasteiger partial charge in [-0.05, 0) is 25.2 Å². The molecule has 4 nitrogen and oxygen atoms in total. The van der Waals surface area contributed by atoms with Crippen LogP contribution in [0.3, 0.4) is 0 Å². The number of carbonyl (C=O) groups excluding carboxylic acids is 1. The number of carbonyl (C=O) groups is 2. The van der Waals surface area contributed by atoms with E-state index in [1.165, 1.54) is 0 Å². The van der Waals surface area contributed by atoms with E-state index in [1.54, 1.807) is 0 Å². The number of nitrogens with one attached hydrogen (secondary N) is 1. The first-order valence-corrected chi connectivity index (χ1v) is 5.98. The topological polar surface area (TPSA) is 66.4 Å². The molecule has 0 aliphatic heterocycles. The maximum absolute atomic E-state index is 12.0. The summed E-state index contributed by atoms with van der Waals surface area (Å²) in [6.45, 7) is 6.03. The van der Waals surface area contributed by atoms with E-state index in [-0.39, 0.29) is 17.7 Å². The second-order valence-electron chi connectivity index (χ2n) is 5.02. The zero-order valence-corrected chi connectivity index (χ0v) is 10.2. The highest BCUT2D eigenvalue weighted by Gasteiger charge is 2.52.